The van der Waals surface area contributed by atoms with Crippen molar-refractivity contribution in [1.29, 1.82) is 0 Å². The van der Waals surface area contributed by atoms with E-state index in [1.54, 1.807) is 23.1 Å². The third-order valence-electron chi connectivity index (χ3n) is 3.84. The first-order chi connectivity index (χ1) is 10.8. The molecular formula is C15H15N3S4. The fourth-order valence-corrected chi connectivity index (χ4v) is 6.00. The first kappa shape index (κ1) is 14.8. The van der Waals surface area contributed by atoms with E-state index in [0.717, 1.165) is 28.9 Å². The molecule has 3 aromatic rings. The van der Waals surface area contributed by atoms with Crippen LogP contribution >= 0.6 is 45.8 Å². The van der Waals surface area contributed by atoms with Crippen LogP contribution in [0.3, 0.4) is 0 Å². The van der Waals surface area contributed by atoms with Crippen LogP contribution in [0.4, 0.5) is 0 Å². The van der Waals surface area contributed by atoms with E-state index in [4.69, 9.17) is 0 Å². The molecule has 4 heterocycles. The molecule has 0 saturated carbocycles. The number of hydrogen-bond donors (Lipinski definition) is 0. The van der Waals surface area contributed by atoms with Gasteiger partial charge in [0.2, 0.25) is 0 Å². The largest absolute Gasteiger partial charge is 0.284 e. The Kier molecular flexibility index (Phi) is 4.32. The van der Waals surface area contributed by atoms with Crippen molar-refractivity contribution >= 4 is 45.8 Å². The zero-order valence-electron chi connectivity index (χ0n) is 12.1. The molecule has 114 valence electrons. The summed E-state index contributed by atoms with van der Waals surface area (Å²) in [6.45, 7) is 1.97. The fraction of sp³-hybridized carbons (Fsp3) is 0.333. The Morgan fingerprint density at radius 1 is 1.27 bits per heavy atom. The van der Waals surface area contributed by atoms with Crippen molar-refractivity contribution in [2.45, 2.75) is 23.3 Å². The summed E-state index contributed by atoms with van der Waals surface area (Å²) in [5, 5.41) is 14.1. The molecule has 0 radical (unpaired) electrons. The number of nitrogens with zero attached hydrogens (tertiary/aromatic N) is 3. The molecule has 0 aliphatic carbocycles. The van der Waals surface area contributed by atoms with E-state index in [0.29, 0.717) is 6.04 Å². The number of fused-ring (bicyclic) bond motifs is 1. The maximum absolute atomic E-state index is 4.35. The topological polar surface area (TPSA) is 29.0 Å². The van der Waals surface area contributed by atoms with Crippen molar-refractivity contribution in [3.05, 3.63) is 49.3 Å². The van der Waals surface area contributed by atoms with Crippen LogP contribution in [0.5, 0.6) is 0 Å². The Balaban J connectivity index is 1.66. The zero-order valence-corrected chi connectivity index (χ0v) is 15.3. The van der Waals surface area contributed by atoms with Gasteiger partial charge in [0.15, 0.2) is 4.34 Å². The molecule has 0 N–H and O–H groups in total. The van der Waals surface area contributed by atoms with Gasteiger partial charge in [-0.3, -0.25) is 4.90 Å². The summed E-state index contributed by atoms with van der Waals surface area (Å²) in [5.41, 5.74) is 1.48. The van der Waals surface area contributed by atoms with Crippen LogP contribution < -0.4 is 0 Å². The lowest BCUT2D eigenvalue weighted by molar-refractivity contribution is 0.208. The van der Waals surface area contributed by atoms with Gasteiger partial charge in [-0.25, -0.2) is 0 Å². The lowest BCUT2D eigenvalue weighted by Gasteiger charge is -2.34. The van der Waals surface area contributed by atoms with Crippen LogP contribution in [0.15, 0.2) is 33.3 Å². The summed E-state index contributed by atoms with van der Waals surface area (Å²) in [4.78, 5) is 5.51. The Hall–Kier alpha value is -0.730. The molecule has 0 unspecified atom stereocenters. The van der Waals surface area contributed by atoms with Crippen molar-refractivity contribution in [2.24, 2.45) is 0 Å². The van der Waals surface area contributed by atoms with Gasteiger partial charge in [-0.05, 0) is 41.1 Å². The van der Waals surface area contributed by atoms with Crippen LogP contribution in [-0.2, 0) is 13.0 Å². The summed E-state index contributed by atoms with van der Waals surface area (Å²) >= 11 is 7.12. The fourth-order valence-electron chi connectivity index (χ4n) is 2.88. The first-order valence-corrected chi connectivity index (χ1v) is 10.9. The van der Waals surface area contributed by atoms with Crippen LogP contribution in [-0.4, -0.2) is 27.9 Å². The minimum Gasteiger partial charge on any atom is -0.284 e. The molecule has 0 bridgehead atoms. The quantitative estimate of drug-likeness (QED) is 0.635. The molecule has 1 atom stereocenters. The molecule has 0 saturated heterocycles. The van der Waals surface area contributed by atoms with Crippen molar-refractivity contribution in [2.75, 3.05) is 12.8 Å². The highest BCUT2D eigenvalue weighted by Crippen LogP contribution is 2.40. The van der Waals surface area contributed by atoms with Gasteiger partial charge in [-0.2, -0.15) is 0 Å². The van der Waals surface area contributed by atoms with Gasteiger partial charge in [0.05, 0.1) is 12.6 Å². The molecule has 0 amide bonds. The zero-order chi connectivity index (χ0) is 14.9. The number of aromatic nitrogens is 2. The van der Waals surface area contributed by atoms with Crippen LogP contribution in [0.1, 0.15) is 26.4 Å². The molecular weight excluding hydrogens is 350 g/mol. The lowest BCUT2D eigenvalue weighted by Crippen LogP contribution is -2.34. The second-order valence-corrected chi connectivity index (χ2v) is 9.20. The summed E-state index contributed by atoms with van der Waals surface area (Å²) in [5.74, 6) is 0. The normalized spacial score (nSPS) is 18.5. The maximum atomic E-state index is 4.35. The molecule has 0 fully saturated rings. The molecule has 22 heavy (non-hydrogen) atoms. The van der Waals surface area contributed by atoms with Gasteiger partial charge in [0.25, 0.3) is 0 Å². The van der Waals surface area contributed by atoms with E-state index >= 15 is 0 Å². The molecule has 7 heteroatoms. The Morgan fingerprint density at radius 3 is 3.00 bits per heavy atom. The van der Waals surface area contributed by atoms with Gasteiger partial charge < -0.3 is 0 Å². The minimum atomic E-state index is 0.372. The predicted octanol–water partition coefficient (Wildman–Crippen LogP) is 4.53. The van der Waals surface area contributed by atoms with E-state index in [1.165, 1.54) is 15.3 Å². The molecule has 0 aromatic carbocycles. The summed E-state index contributed by atoms with van der Waals surface area (Å²) in [7, 11) is 0. The van der Waals surface area contributed by atoms with Crippen molar-refractivity contribution < 1.29 is 0 Å². The van der Waals surface area contributed by atoms with Crippen LogP contribution in [0.2, 0.25) is 0 Å². The average molecular weight is 366 g/mol. The standard InChI is InChI=1S/C15H15N3S4/c1-19-15-17-16-13(22-15)9-18-6-4-11-10(5-8-21-11)14(18)12-3-2-7-20-12/h2-3,5,7-8,14H,4,6,9H2,1H3/t14-/m0/s1. The lowest BCUT2D eigenvalue weighted by atomic mass is 9.98. The second kappa shape index (κ2) is 6.41. The highest BCUT2D eigenvalue weighted by Gasteiger charge is 2.30. The third kappa shape index (κ3) is 2.76. The van der Waals surface area contributed by atoms with Crippen LogP contribution in [0, 0.1) is 0 Å². The highest BCUT2D eigenvalue weighted by atomic mass is 32.2. The minimum absolute atomic E-state index is 0.372. The number of hydrogen-bond acceptors (Lipinski definition) is 7. The monoisotopic (exact) mass is 365 g/mol. The summed E-state index contributed by atoms with van der Waals surface area (Å²) in [6, 6.07) is 7.07. The molecule has 3 aromatic heterocycles. The number of thioether (sulfide) groups is 1. The molecule has 1 aliphatic heterocycles. The smallest absolute Gasteiger partial charge is 0.174 e. The van der Waals surface area contributed by atoms with Gasteiger partial charge in [0.1, 0.15) is 5.01 Å². The van der Waals surface area contributed by atoms with Gasteiger partial charge in [-0.15, -0.1) is 32.9 Å². The summed E-state index contributed by atoms with van der Waals surface area (Å²) < 4.78 is 1.05. The second-order valence-electron chi connectivity index (χ2n) is 5.10. The molecule has 1 aliphatic rings. The van der Waals surface area contributed by atoms with Gasteiger partial charge in [0, 0.05) is 16.3 Å². The number of rotatable bonds is 4. The van der Waals surface area contributed by atoms with Crippen molar-refractivity contribution in [3.8, 4) is 0 Å². The predicted molar refractivity (Wildman–Crippen MR) is 96.3 cm³/mol. The molecule has 0 spiro atoms. The van der Waals surface area contributed by atoms with Crippen molar-refractivity contribution in [3.63, 3.8) is 0 Å². The Bertz CT molecular complexity index is 747. The van der Waals surface area contributed by atoms with E-state index in [1.807, 2.05) is 22.7 Å². The molecule has 4 rings (SSSR count). The first-order valence-electron chi connectivity index (χ1n) is 7.05. The van der Waals surface area contributed by atoms with Gasteiger partial charge >= 0.3 is 0 Å². The average Bonchev–Trinajstić information content (AvgIpc) is 3.28. The van der Waals surface area contributed by atoms with Crippen molar-refractivity contribution in [1.82, 2.24) is 15.1 Å². The van der Waals surface area contributed by atoms with E-state index in [-0.39, 0.29) is 0 Å². The van der Waals surface area contributed by atoms with E-state index in [2.05, 4.69) is 50.3 Å². The summed E-state index contributed by atoms with van der Waals surface area (Å²) in [6.07, 6.45) is 3.19. The van der Waals surface area contributed by atoms with Crippen LogP contribution in [0.25, 0.3) is 0 Å². The van der Waals surface area contributed by atoms with E-state index < -0.39 is 0 Å². The van der Waals surface area contributed by atoms with E-state index in [9.17, 15) is 0 Å². The SMILES string of the molecule is CSc1nnc(CN2CCc3sccc3[C@H]2c2cccs2)s1. The highest BCUT2D eigenvalue weighted by molar-refractivity contribution is 8.00. The Morgan fingerprint density at radius 2 is 2.23 bits per heavy atom. The third-order valence-corrected chi connectivity index (χ3v) is 7.64. The van der Waals surface area contributed by atoms with Gasteiger partial charge in [-0.1, -0.05) is 29.2 Å². The maximum Gasteiger partial charge on any atom is 0.174 e. The molecule has 3 nitrogen and oxygen atoms in total. The number of thiophene rings is 2. The Labute approximate surface area is 146 Å².